The van der Waals surface area contributed by atoms with E-state index in [0.29, 0.717) is 10.2 Å². The molecule has 3 aromatic rings. The molecule has 4 rings (SSSR count). The topological polar surface area (TPSA) is 74.3 Å². The maximum Gasteiger partial charge on any atom is 0.339 e. The van der Waals surface area contributed by atoms with Gasteiger partial charge in [-0.3, -0.25) is 10.1 Å². The second kappa shape index (κ2) is 6.99. The van der Waals surface area contributed by atoms with E-state index in [9.17, 15) is 9.59 Å². The number of nitrogens with zero attached hydrogens (tertiary/aromatic N) is 2. The predicted molar refractivity (Wildman–Crippen MR) is 107 cm³/mol. The highest BCUT2D eigenvalue weighted by atomic mass is 35.5. The van der Waals surface area contributed by atoms with E-state index in [-0.39, 0.29) is 5.91 Å². The Hall–Kier alpha value is -2.35. The first-order valence-electron chi connectivity index (χ1n) is 8.10. The molecule has 2 unspecified atom stereocenters. The standard InChI is InChI=1S/C18H14Cl2N4O2S/c1-9-4-2-3-5-11(9)15-14(20)16(25)24(15)23-17(26)22-18-21-12-7-6-10(19)8-13(12)27-18/h2-8,14-15H,1H3,(H2,21,22,23,26). The number of hydrogen-bond donors (Lipinski definition) is 2. The van der Waals surface area contributed by atoms with E-state index in [1.165, 1.54) is 16.3 Å². The Morgan fingerprint density at radius 3 is 2.81 bits per heavy atom. The molecule has 0 spiro atoms. The maximum atomic E-state index is 12.4. The zero-order valence-corrected chi connectivity index (χ0v) is 16.4. The normalized spacial score (nSPS) is 19.1. The number of rotatable bonds is 3. The SMILES string of the molecule is Cc1ccccc1C1C(Cl)C(=O)N1NC(=O)Nc1nc2ccc(Cl)cc2s1. The van der Waals surface area contributed by atoms with Gasteiger partial charge in [0.1, 0.15) is 11.4 Å². The van der Waals surface area contributed by atoms with Gasteiger partial charge in [-0.2, -0.15) is 0 Å². The Morgan fingerprint density at radius 2 is 2.04 bits per heavy atom. The Labute approximate surface area is 169 Å². The number of fused-ring (bicyclic) bond motifs is 1. The molecule has 1 aromatic heterocycles. The van der Waals surface area contributed by atoms with Crippen LogP contribution in [-0.4, -0.2) is 27.3 Å². The maximum absolute atomic E-state index is 12.4. The van der Waals surface area contributed by atoms with E-state index < -0.39 is 17.5 Å². The summed E-state index contributed by atoms with van der Waals surface area (Å²) in [6, 6.07) is 11.9. The number of aryl methyl sites for hydroxylation is 1. The summed E-state index contributed by atoms with van der Waals surface area (Å²) < 4.78 is 0.858. The number of alkyl halides is 1. The number of anilines is 1. The van der Waals surface area contributed by atoms with Crippen LogP contribution in [0.25, 0.3) is 10.2 Å². The molecule has 3 amide bonds. The molecule has 2 heterocycles. The second-order valence-electron chi connectivity index (χ2n) is 6.11. The van der Waals surface area contributed by atoms with Crippen molar-refractivity contribution in [3.05, 3.63) is 58.6 Å². The van der Waals surface area contributed by atoms with Crippen LogP contribution in [0.2, 0.25) is 5.02 Å². The molecule has 2 atom stereocenters. The highest BCUT2D eigenvalue weighted by molar-refractivity contribution is 7.22. The van der Waals surface area contributed by atoms with E-state index in [4.69, 9.17) is 23.2 Å². The van der Waals surface area contributed by atoms with Gasteiger partial charge in [-0.05, 0) is 36.2 Å². The second-order valence-corrected chi connectivity index (χ2v) is 8.05. The number of aromatic nitrogens is 1. The van der Waals surface area contributed by atoms with Crippen LogP contribution in [0.15, 0.2) is 42.5 Å². The minimum Gasteiger partial charge on any atom is -0.282 e. The van der Waals surface area contributed by atoms with Crippen molar-refractivity contribution >= 4 is 61.8 Å². The molecule has 27 heavy (non-hydrogen) atoms. The van der Waals surface area contributed by atoms with Crippen LogP contribution in [-0.2, 0) is 4.79 Å². The van der Waals surface area contributed by atoms with Gasteiger partial charge in [0.25, 0.3) is 5.91 Å². The summed E-state index contributed by atoms with van der Waals surface area (Å²) in [7, 11) is 0. The molecule has 0 radical (unpaired) electrons. The van der Waals surface area contributed by atoms with E-state index in [0.717, 1.165) is 21.3 Å². The monoisotopic (exact) mass is 420 g/mol. The third-order valence-electron chi connectivity index (χ3n) is 4.33. The molecule has 0 aliphatic carbocycles. The van der Waals surface area contributed by atoms with Gasteiger partial charge in [0, 0.05) is 5.02 Å². The van der Waals surface area contributed by atoms with Crippen LogP contribution in [0.3, 0.4) is 0 Å². The lowest BCUT2D eigenvalue weighted by Gasteiger charge is -2.44. The number of carbonyl (C=O) groups is 2. The summed E-state index contributed by atoms with van der Waals surface area (Å²) in [5.41, 5.74) is 5.19. The summed E-state index contributed by atoms with van der Waals surface area (Å²) in [5.74, 6) is -0.351. The average molecular weight is 421 g/mol. The lowest BCUT2D eigenvalue weighted by molar-refractivity contribution is -0.149. The minimum absolute atomic E-state index is 0.351. The van der Waals surface area contributed by atoms with Crippen molar-refractivity contribution in [1.82, 2.24) is 15.4 Å². The molecular weight excluding hydrogens is 407 g/mol. The smallest absolute Gasteiger partial charge is 0.282 e. The zero-order valence-electron chi connectivity index (χ0n) is 14.1. The Bertz CT molecular complexity index is 1050. The fourth-order valence-corrected chi connectivity index (χ4v) is 4.47. The summed E-state index contributed by atoms with van der Waals surface area (Å²) in [5, 5.41) is 4.20. The van der Waals surface area contributed by atoms with Crippen molar-refractivity contribution in [1.29, 1.82) is 0 Å². The zero-order chi connectivity index (χ0) is 19.1. The van der Waals surface area contributed by atoms with Crippen molar-refractivity contribution in [3.63, 3.8) is 0 Å². The van der Waals surface area contributed by atoms with Crippen LogP contribution in [0, 0.1) is 6.92 Å². The molecule has 0 saturated carbocycles. The summed E-state index contributed by atoms with van der Waals surface area (Å²) >= 11 is 13.5. The van der Waals surface area contributed by atoms with Crippen molar-refractivity contribution < 1.29 is 9.59 Å². The third-order valence-corrected chi connectivity index (χ3v) is 5.92. The number of β-lactam (4-membered cyclic amide) rings is 1. The number of carbonyl (C=O) groups excluding carboxylic acids is 2. The Morgan fingerprint density at radius 1 is 1.26 bits per heavy atom. The van der Waals surface area contributed by atoms with Crippen molar-refractivity contribution in [3.8, 4) is 0 Å². The van der Waals surface area contributed by atoms with E-state index >= 15 is 0 Å². The van der Waals surface area contributed by atoms with E-state index in [1.807, 2.05) is 31.2 Å². The first-order chi connectivity index (χ1) is 12.9. The van der Waals surface area contributed by atoms with E-state index in [2.05, 4.69) is 15.7 Å². The van der Waals surface area contributed by atoms with Crippen molar-refractivity contribution in [2.24, 2.45) is 0 Å². The highest BCUT2D eigenvalue weighted by Crippen LogP contribution is 2.38. The number of benzene rings is 2. The van der Waals surface area contributed by atoms with Gasteiger partial charge in [-0.25, -0.2) is 20.2 Å². The highest BCUT2D eigenvalue weighted by Gasteiger charge is 2.48. The lowest BCUT2D eigenvalue weighted by atomic mass is 9.92. The van der Waals surface area contributed by atoms with Gasteiger partial charge >= 0.3 is 6.03 Å². The number of nitrogens with one attached hydrogen (secondary N) is 2. The van der Waals surface area contributed by atoms with Crippen LogP contribution >= 0.6 is 34.5 Å². The number of thiazole rings is 1. The van der Waals surface area contributed by atoms with Crippen molar-refractivity contribution in [2.45, 2.75) is 18.3 Å². The fourth-order valence-electron chi connectivity index (χ4n) is 2.98. The lowest BCUT2D eigenvalue weighted by Crippen LogP contribution is -2.63. The van der Waals surface area contributed by atoms with Gasteiger partial charge in [0.2, 0.25) is 0 Å². The third kappa shape index (κ3) is 3.34. The minimum atomic E-state index is -0.712. The van der Waals surface area contributed by atoms with Gasteiger partial charge in [-0.1, -0.05) is 47.2 Å². The van der Waals surface area contributed by atoms with Crippen LogP contribution in [0.5, 0.6) is 0 Å². The summed E-state index contributed by atoms with van der Waals surface area (Å²) in [6.07, 6.45) is 0. The number of urea groups is 1. The Kier molecular flexibility index (Phi) is 4.67. The van der Waals surface area contributed by atoms with Crippen LogP contribution in [0.1, 0.15) is 17.2 Å². The predicted octanol–water partition coefficient (Wildman–Crippen LogP) is 4.49. The first kappa shape index (κ1) is 18.0. The molecule has 1 saturated heterocycles. The molecular formula is C18H14Cl2N4O2S. The largest absolute Gasteiger partial charge is 0.339 e. The van der Waals surface area contributed by atoms with Gasteiger partial charge in [0.15, 0.2) is 5.13 Å². The average Bonchev–Trinajstić information content (AvgIpc) is 3.03. The number of hydrogen-bond acceptors (Lipinski definition) is 4. The Balaban J connectivity index is 1.49. The molecule has 2 N–H and O–H groups in total. The number of halogens is 2. The molecule has 1 aliphatic rings. The van der Waals surface area contributed by atoms with Gasteiger partial charge in [0.05, 0.1) is 10.2 Å². The molecule has 1 aliphatic heterocycles. The molecule has 138 valence electrons. The molecule has 9 heteroatoms. The molecule has 1 fully saturated rings. The van der Waals surface area contributed by atoms with Crippen molar-refractivity contribution in [2.75, 3.05) is 5.32 Å². The summed E-state index contributed by atoms with van der Waals surface area (Å²) in [6.45, 7) is 1.94. The van der Waals surface area contributed by atoms with E-state index in [1.54, 1.807) is 18.2 Å². The molecule has 0 bridgehead atoms. The number of amides is 3. The molecule has 6 nitrogen and oxygen atoms in total. The van der Waals surface area contributed by atoms with Gasteiger partial charge in [-0.15, -0.1) is 11.6 Å². The quantitative estimate of drug-likeness (QED) is 0.484. The first-order valence-corrected chi connectivity index (χ1v) is 9.73. The number of hydrazine groups is 1. The fraction of sp³-hybridized carbons (Fsp3) is 0.167. The van der Waals surface area contributed by atoms with Crippen LogP contribution < -0.4 is 10.7 Å². The summed E-state index contributed by atoms with van der Waals surface area (Å²) in [4.78, 5) is 28.8. The van der Waals surface area contributed by atoms with Gasteiger partial charge < -0.3 is 0 Å². The molecule has 2 aromatic carbocycles. The van der Waals surface area contributed by atoms with Crippen LogP contribution in [0.4, 0.5) is 9.93 Å².